The van der Waals surface area contributed by atoms with Gasteiger partial charge in [-0.25, -0.2) is 0 Å². The average molecular weight is 684 g/mol. The van der Waals surface area contributed by atoms with Crippen LogP contribution in [0.1, 0.15) is 36.8 Å². The Hall–Kier alpha value is -4.77. The lowest BCUT2D eigenvalue weighted by molar-refractivity contribution is -0.139. The average Bonchev–Trinajstić information content (AvgIpc) is 3.07. The molecule has 2 aromatic rings. The molecule has 4 atom stereocenters. The van der Waals surface area contributed by atoms with E-state index in [9.17, 15) is 34.2 Å². The summed E-state index contributed by atoms with van der Waals surface area (Å²) in [4.78, 5) is 66.3. The molecule has 14 N–H and O–H groups in total. The van der Waals surface area contributed by atoms with Crippen LogP contribution in [0.5, 0.6) is 11.5 Å². The number of amides is 5. The summed E-state index contributed by atoms with van der Waals surface area (Å²) >= 11 is 0. The van der Waals surface area contributed by atoms with Gasteiger partial charge in [0.05, 0.1) is 18.6 Å². The molecule has 0 saturated carbocycles. The smallest absolute Gasteiger partial charge is 0.245 e. The Labute approximate surface area is 285 Å². The van der Waals surface area contributed by atoms with Gasteiger partial charge in [0.1, 0.15) is 23.6 Å². The lowest BCUT2D eigenvalue weighted by atomic mass is 9.95. The normalized spacial score (nSPS) is 18.6. The molecule has 0 unspecified atom stereocenters. The Bertz CT molecular complexity index is 1490. The molecular weight excluding hydrogens is 634 g/mol. The molecule has 0 saturated heterocycles. The number of carbonyl (C=O) groups excluding carboxylic acids is 5. The molecule has 16 nitrogen and oxygen atoms in total. The molecule has 0 spiro atoms. The van der Waals surface area contributed by atoms with Gasteiger partial charge in [0.2, 0.25) is 29.5 Å². The fourth-order valence-electron chi connectivity index (χ4n) is 5.37. The van der Waals surface area contributed by atoms with Crippen molar-refractivity contribution in [3.8, 4) is 22.6 Å². The van der Waals surface area contributed by atoms with Crippen LogP contribution >= 0.6 is 0 Å². The molecule has 3 rings (SSSR count). The number of benzene rings is 2. The second-order valence-corrected chi connectivity index (χ2v) is 12.1. The summed E-state index contributed by atoms with van der Waals surface area (Å²) in [6.07, 6.45) is 1.09. The fraction of sp³-hybridized carbons (Fsp3) is 0.485. The predicted molar refractivity (Wildman–Crippen MR) is 183 cm³/mol. The Morgan fingerprint density at radius 3 is 2.14 bits per heavy atom. The number of likely N-dealkylation sites (N-methyl/N-ethyl adjacent to an activating group) is 1. The zero-order valence-corrected chi connectivity index (χ0v) is 27.7. The number of nitrogens with zero attached hydrogens (tertiary/aromatic N) is 1. The van der Waals surface area contributed by atoms with Crippen LogP contribution in [0.3, 0.4) is 0 Å². The van der Waals surface area contributed by atoms with Crippen LogP contribution in [0, 0.1) is 0 Å². The van der Waals surface area contributed by atoms with Crippen molar-refractivity contribution in [3.05, 3.63) is 47.5 Å². The highest BCUT2D eigenvalue weighted by Gasteiger charge is 2.31. The maximum Gasteiger partial charge on any atom is 0.245 e. The zero-order valence-electron chi connectivity index (χ0n) is 27.7. The third kappa shape index (κ3) is 11.4. The standard InChI is InChI=1S/C33H49N9O7/c1-42(18-29(45)38-12-3-4-23(36)30(46)39-13-11-35)33(49)26-17-22-15-20(7-9-28(22)44)19-6-8-27(43)21(14-19)16-24(37)31(47)40-25(5-2-10-34)32(48)41-26/h6-9,14-15,23-26,43-44H,2-5,10-13,16-18,34-37H2,1H3,(H,38,45)(H,39,46)(H,40,47)(H,41,48)/t23-,24-,25-,26-/m0/s1. The van der Waals surface area contributed by atoms with E-state index in [1.807, 2.05) is 0 Å². The maximum absolute atomic E-state index is 13.8. The molecule has 5 amide bonds. The number of hydrogen-bond acceptors (Lipinski definition) is 11. The van der Waals surface area contributed by atoms with Gasteiger partial charge >= 0.3 is 0 Å². The van der Waals surface area contributed by atoms with E-state index in [-0.39, 0.29) is 56.3 Å². The third-order valence-electron chi connectivity index (χ3n) is 8.19. The van der Waals surface area contributed by atoms with E-state index in [2.05, 4.69) is 21.3 Å². The first-order chi connectivity index (χ1) is 23.3. The number of fused-ring (bicyclic) bond motifs is 5. The van der Waals surface area contributed by atoms with Crippen LogP contribution in [-0.2, 0) is 36.8 Å². The molecule has 4 bridgehead atoms. The first kappa shape index (κ1) is 38.7. The topological polar surface area (TPSA) is 281 Å². The molecule has 268 valence electrons. The van der Waals surface area contributed by atoms with Gasteiger partial charge in [0.25, 0.3) is 0 Å². The number of nitrogens with two attached hydrogens (primary N) is 4. The minimum atomic E-state index is -1.25. The summed E-state index contributed by atoms with van der Waals surface area (Å²) < 4.78 is 0. The SMILES string of the molecule is CN(CC(=O)NCCC[C@H](N)C(=O)NCCN)C(=O)[C@@H]1Cc2cc(ccc2O)-c2ccc(O)c(c2)C[C@H](N)C(=O)N[C@@H](CCCN)C(=O)N1. The van der Waals surface area contributed by atoms with Crippen LogP contribution in [0.2, 0.25) is 0 Å². The molecule has 16 heteroatoms. The van der Waals surface area contributed by atoms with Gasteiger partial charge in [-0.15, -0.1) is 0 Å². The summed E-state index contributed by atoms with van der Waals surface area (Å²) in [5.74, 6) is -2.92. The van der Waals surface area contributed by atoms with Gasteiger partial charge in [-0.05, 0) is 78.7 Å². The Morgan fingerprint density at radius 2 is 1.53 bits per heavy atom. The largest absolute Gasteiger partial charge is 0.508 e. The summed E-state index contributed by atoms with van der Waals surface area (Å²) in [7, 11) is 1.40. The molecular formula is C33H49N9O7. The van der Waals surface area contributed by atoms with Gasteiger partial charge in [-0.2, -0.15) is 0 Å². The van der Waals surface area contributed by atoms with Gasteiger partial charge in [0.15, 0.2) is 0 Å². The van der Waals surface area contributed by atoms with Gasteiger partial charge in [-0.3, -0.25) is 24.0 Å². The second-order valence-electron chi connectivity index (χ2n) is 12.1. The van der Waals surface area contributed by atoms with Crippen molar-refractivity contribution in [2.45, 2.75) is 62.7 Å². The number of nitrogens with one attached hydrogen (secondary N) is 4. The Balaban J connectivity index is 1.83. The van der Waals surface area contributed by atoms with Gasteiger partial charge < -0.3 is 59.3 Å². The monoisotopic (exact) mass is 683 g/mol. The number of hydrogen-bond donors (Lipinski definition) is 10. The van der Waals surface area contributed by atoms with Crippen LogP contribution in [-0.4, -0.2) is 109 Å². The summed E-state index contributed by atoms with van der Waals surface area (Å²) in [6, 6.07) is 5.42. The fourth-order valence-corrected chi connectivity index (χ4v) is 5.37. The number of phenols is 2. The molecule has 0 fully saturated rings. The van der Waals surface area contributed by atoms with Crippen molar-refractivity contribution in [3.63, 3.8) is 0 Å². The molecule has 0 aliphatic carbocycles. The van der Waals surface area contributed by atoms with Crippen molar-refractivity contribution >= 4 is 29.5 Å². The summed E-state index contributed by atoms with van der Waals surface area (Å²) in [6.45, 7) is 0.703. The zero-order chi connectivity index (χ0) is 36.1. The van der Waals surface area contributed by atoms with E-state index < -0.39 is 47.8 Å². The van der Waals surface area contributed by atoms with Crippen molar-refractivity contribution < 1.29 is 34.2 Å². The lowest BCUT2D eigenvalue weighted by Gasteiger charge is -2.27. The van der Waals surface area contributed by atoms with Crippen LogP contribution in [0.15, 0.2) is 36.4 Å². The first-order valence-electron chi connectivity index (χ1n) is 16.3. The van der Waals surface area contributed by atoms with E-state index in [4.69, 9.17) is 22.9 Å². The predicted octanol–water partition coefficient (Wildman–Crippen LogP) is -2.34. The highest BCUT2D eigenvalue weighted by molar-refractivity contribution is 5.94. The third-order valence-corrected chi connectivity index (χ3v) is 8.19. The second kappa shape index (κ2) is 18.7. The number of carbonyl (C=O) groups is 5. The molecule has 1 heterocycles. The highest BCUT2D eigenvalue weighted by atomic mass is 16.3. The van der Waals surface area contributed by atoms with Gasteiger partial charge in [0, 0.05) is 39.5 Å². The molecule has 49 heavy (non-hydrogen) atoms. The molecule has 2 aromatic carbocycles. The van der Waals surface area contributed by atoms with Crippen molar-refractivity contribution in [2.75, 3.05) is 39.8 Å². The van der Waals surface area contributed by atoms with Crippen molar-refractivity contribution in [2.24, 2.45) is 22.9 Å². The quantitative estimate of drug-likeness (QED) is 0.0998. The summed E-state index contributed by atoms with van der Waals surface area (Å²) in [5.41, 5.74) is 25.2. The highest BCUT2D eigenvalue weighted by Crippen LogP contribution is 2.31. The minimum Gasteiger partial charge on any atom is -0.508 e. The maximum atomic E-state index is 13.8. The lowest BCUT2D eigenvalue weighted by Crippen LogP contribution is -2.57. The van der Waals surface area contributed by atoms with Crippen LogP contribution < -0.4 is 44.2 Å². The van der Waals surface area contributed by atoms with E-state index in [0.29, 0.717) is 54.6 Å². The molecule has 0 radical (unpaired) electrons. The van der Waals surface area contributed by atoms with E-state index in [1.54, 1.807) is 24.3 Å². The number of rotatable bonds is 13. The molecule has 1 aliphatic rings. The number of aromatic hydroxyl groups is 2. The van der Waals surface area contributed by atoms with Crippen molar-refractivity contribution in [1.29, 1.82) is 0 Å². The van der Waals surface area contributed by atoms with Crippen LogP contribution in [0.4, 0.5) is 0 Å². The Morgan fingerprint density at radius 1 is 0.898 bits per heavy atom. The van der Waals surface area contributed by atoms with E-state index >= 15 is 0 Å². The van der Waals surface area contributed by atoms with E-state index in [1.165, 1.54) is 19.2 Å². The number of phenolic OH excluding ortho intramolecular Hbond substituents is 2. The first-order valence-corrected chi connectivity index (χ1v) is 16.3. The Kier molecular flexibility index (Phi) is 14.8. The summed E-state index contributed by atoms with van der Waals surface area (Å²) in [5, 5.41) is 31.9. The van der Waals surface area contributed by atoms with Crippen LogP contribution in [0.25, 0.3) is 11.1 Å². The minimum absolute atomic E-state index is 0.0213. The molecule has 1 aliphatic heterocycles. The van der Waals surface area contributed by atoms with Gasteiger partial charge in [-0.1, -0.05) is 12.1 Å². The molecule has 0 aromatic heterocycles. The van der Waals surface area contributed by atoms with E-state index in [0.717, 1.165) is 4.90 Å². The van der Waals surface area contributed by atoms with Crippen molar-refractivity contribution in [1.82, 2.24) is 26.2 Å².